The third-order valence-corrected chi connectivity index (χ3v) is 6.65. The molecule has 4 heterocycles. The molecule has 2 aliphatic rings. The fourth-order valence-corrected chi connectivity index (χ4v) is 5.17. The third kappa shape index (κ3) is 4.94. The van der Waals surface area contributed by atoms with Gasteiger partial charge in [0, 0.05) is 61.0 Å². The molecular formula is C25H33N7O2. The first kappa shape index (κ1) is 23.8. The van der Waals surface area contributed by atoms with Crippen LogP contribution in [0.25, 0.3) is 11.4 Å². The van der Waals surface area contributed by atoms with E-state index in [1.54, 1.807) is 6.20 Å². The molecule has 1 atom stereocenters. The molecule has 9 heteroatoms. The van der Waals surface area contributed by atoms with Gasteiger partial charge >= 0.3 is 0 Å². The largest absolute Gasteiger partial charge is 0.483 e. The van der Waals surface area contributed by atoms with Gasteiger partial charge in [-0.15, -0.1) is 0 Å². The van der Waals surface area contributed by atoms with Crippen molar-refractivity contribution in [1.29, 1.82) is 0 Å². The number of nitrogens with zero attached hydrogens (tertiary/aromatic N) is 6. The highest BCUT2D eigenvalue weighted by molar-refractivity contribution is 5.61. The van der Waals surface area contributed by atoms with E-state index >= 15 is 0 Å². The molecule has 0 amide bonds. The summed E-state index contributed by atoms with van der Waals surface area (Å²) in [6.07, 6.45) is 12.1. The Kier molecular flexibility index (Phi) is 7.21. The molecule has 0 saturated carbocycles. The molecule has 2 N–H and O–H groups in total. The number of carboxylic acid groups (broad SMARTS) is 1. The van der Waals surface area contributed by atoms with Gasteiger partial charge in [0.2, 0.25) is 0 Å². The first-order valence-electron chi connectivity index (χ1n) is 11.8. The lowest BCUT2D eigenvalue weighted by Crippen LogP contribution is -2.45. The number of imidazole rings is 1. The predicted octanol–water partition coefficient (Wildman–Crippen LogP) is 3.27. The monoisotopic (exact) mass is 463 g/mol. The first-order chi connectivity index (χ1) is 16.5. The van der Waals surface area contributed by atoms with Gasteiger partial charge in [0.05, 0.1) is 12.2 Å². The summed E-state index contributed by atoms with van der Waals surface area (Å²) >= 11 is 0. The molecule has 1 aliphatic heterocycles. The van der Waals surface area contributed by atoms with E-state index in [9.17, 15) is 0 Å². The molecule has 1 spiro atoms. The molecular weight excluding hydrogens is 430 g/mol. The van der Waals surface area contributed by atoms with E-state index in [4.69, 9.17) is 19.9 Å². The van der Waals surface area contributed by atoms with Gasteiger partial charge in [0.25, 0.3) is 6.47 Å². The topological polar surface area (TPSA) is 109 Å². The third-order valence-electron chi connectivity index (χ3n) is 6.65. The van der Waals surface area contributed by atoms with Crippen molar-refractivity contribution < 1.29 is 9.90 Å². The Morgan fingerprint density at radius 2 is 2.09 bits per heavy atom. The summed E-state index contributed by atoms with van der Waals surface area (Å²) in [6, 6.07) is 4.32. The van der Waals surface area contributed by atoms with E-state index < -0.39 is 0 Å². The number of rotatable bonds is 5. The van der Waals surface area contributed by atoms with Crippen LogP contribution in [0.5, 0.6) is 0 Å². The minimum absolute atomic E-state index is 0.0893. The highest BCUT2D eigenvalue weighted by Gasteiger charge is 2.45. The van der Waals surface area contributed by atoms with Crippen LogP contribution in [0.1, 0.15) is 50.2 Å². The van der Waals surface area contributed by atoms with Gasteiger partial charge in [0.15, 0.2) is 5.82 Å². The molecule has 1 aliphatic carbocycles. The Hall–Kier alpha value is -3.33. The summed E-state index contributed by atoms with van der Waals surface area (Å²) in [5.41, 5.74) is 3.61. The van der Waals surface area contributed by atoms with Gasteiger partial charge in [-0.1, -0.05) is 0 Å². The summed E-state index contributed by atoms with van der Waals surface area (Å²) in [7, 11) is 2.07. The molecule has 34 heavy (non-hydrogen) atoms. The zero-order chi connectivity index (χ0) is 24.1. The number of fused-ring (bicyclic) bond motifs is 2. The normalized spacial score (nSPS) is 19.5. The van der Waals surface area contributed by atoms with Crippen molar-refractivity contribution in [2.45, 2.75) is 57.5 Å². The fourth-order valence-electron chi connectivity index (χ4n) is 5.17. The number of aryl methyl sites for hydroxylation is 1. The van der Waals surface area contributed by atoms with Crippen molar-refractivity contribution in [3.63, 3.8) is 0 Å². The van der Waals surface area contributed by atoms with Crippen molar-refractivity contribution >= 4 is 12.3 Å². The standard InChI is InChI=1S/C24H31N7.CH2O2/c1-17(2)27-23-19-7-9-24(21(19)28-22(29-23)18-6-4-10-25-14-18)8-5-12-31(16-24)15-20-26-11-13-30(20)3;2-1-3/h4,6,10-11,13-14,17H,5,7-9,12,15-16H2,1-3H3,(H,27,28,29);1H,(H,2,3). The van der Waals surface area contributed by atoms with Gasteiger partial charge in [0.1, 0.15) is 11.6 Å². The van der Waals surface area contributed by atoms with Crippen LogP contribution in [0, 0.1) is 0 Å². The number of carbonyl (C=O) groups is 1. The maximum absolute atomic E-state index is 8.36. The van der Waals surface area contributed by atoms with Crippen LogP contribution >= 0.6 is 0 Å². The van der Waals surface area contributed by atoms with Crippen molar-refractivity contribution in [2.24, 2.45) is 7.05 Å². The van der Waals surface area contributed by atoms with Gasteiger partial charge in [-0.2, -0.15) is 0 Å². The minimum atomic E-state index is -0.250. The summed E-state index contributed by atoms with van der Waals surface area (Å²) in [5, 5.41) is 10.5. The van der Waals surface area contributed by atoms with Crippen LogP contribution in [0.15, 0.2) is 36.9 Å². The zero-order valence-electron chi connectivity index (χ0n) is 20.1. The number of piperidine rings is 1. The van der Waals surface area contributed by atoms with E-state index in [0.29, 0.717) is 6.04 Å². The maximum Gasteiger partial charge on any atom is 0.290 e. The SMILES string of the molecule is CC(C)Nc1nc(-c2cccnc2)nc2c1CCC21CCCN(Cc2nccn2C)C1.O=CO. The van der Waals surface area contributed by atoms with E-state index in [2.05, 4.69) is 45.6 Å². The molecule has 3 aromatic heterocycles. The molecule has 5 rings (SSSR count). The molecule has 9 nitrogen and oxygen atoms in total. The Morgan fingerprint density at radius 3 is 2.76 bits per heavy atom. The number of aromatic nitrogens is 5. The van der Waals surface area contributed by atoms with Crippen LogP contribution in [0.3, 0.4) is 0 Å². The number of nitrogens with one attached hydrogen (secondary N) is 1. The van der Waals surface area contributed by atoms with E-state index in [0.717, 1.165) is 55.5 Å². The second-order valence-corrected chi connectivity index (χ2v) is 9.42. The number of anilines is 1. The number of hydrogen-bond donors (Lipinski definition) is 2. The lowest BCUT2D eigenvalue weighted by atomic mass is 9.77. The van der Waals surface area contributed by atoms with Crippen LogP contribution in [0.2, 0.25) is 0 Å². The van der Waals surface area contributed by atoms with E-state index in [1.165, 1.54) is 24.1 Å². The summed E-state index contributed by atoms with van der Waals surface area (Å²) < 4.78 is 2.12. The molecule has 180 valence electrons. The molecule has 0 aromatic carbocycles. The molecule has 0 radical (unpaired) electrons. The number of hydrogen-bond acceptors (Lipinski definition) is 7. The summed E-state index contributed by atoms with van der Waals surface area (Å²) in [4.78, 5) is 29.9. The Bertz CT molecular complexity index is 1120. The van der Waals surface area contributed by atoms with E-state index in [-0.39, 0.29) is 11.9 Å². The number of likely N-dealkylation sites (tertiary alicyclic amines) is 1. The fraction of sp³-hybridized carbons (Fsp3) is 0.480. The highest BCUT2D eigenvalue weighted by atomic mass is 16.3. The lowest BCUT2D eigenvalue weighted by Gasteiger charge is -2.40. The van der Waals surface area contributed by atoms with E-state index in [1.807, 2.05) is 30.7 Å². The Morgan fingerprint density at radius 1 is 1.26 bits per heavy atom. The van der Waals surface area contributed by atoms with Crippen LogP contribution in [0.4, 0.5) is 5.82 Å². The number of pyridine rings is 1. The Labute approximate surface area is 200 Å². The molecule has 1 fully saturated rings. The molecule has 1 saturated heterocycles. The molecule has 1 unspecified atom stereocenters. The first-order valence-corrected chi connectivity index (χ1v) is 11.8. The van der Waals surface area contributed by atoms with Gasteiger partial charge in [-0.3, -0.25) is 14.7 Å². The van der Waals surface area contributed by atoms with Crippen LogP contribution in [-0.4, -0.2) is 60.1 Å². The van der Waals surface area contributed by atoms with Crippen LogP contribution in [-0.2, 0) is 30.2 Å². The van der Waals surface area contributed by atoms with Crippen molar-refractivity contribution in [2.75, 3.05) is 18.4 Å². The summed E-state index contributed by atoms with van der Waals surface area (Å²) in [6.45, 7) is 7.10. The van der Waals surface area contributed by atoms with Crippen LogP contribution < -0.4 is 5.32 Å². The Balaban J connectivity index is 0.000000868. The minimum Gasteiger partial charge on any atom is -0.483 e. The average molecular weight is 464 g/mol. The smallest absolute Gasteiger partial charge is 0.290 e. The van der Waals surface area contributed by atoms with Gasteiger partial charge < -0.3 is 15.0 Å². The molecule has 0 bridgehead atoms. The van der Waals surface area contributed by atoms with Crippen molar-refractivity contribution in [1.82, 2.24) is 29.4 Å². The van der Waals surface area contributed by atoms with Gasteiger partial charge in [-0.05, 0) is 58.2 Å². The highest BCUT2D eigenvalue weighted by Crippen LogP contribution is 2.46. The van der Waals surface area contributed by atoms with Gasteiger partial charge in [-0.25, -0.2) is 15.0 Å². The summed E-state index contributed by atoms with van der Waals surface area (Å²) in [5.74, 6) is 2.89. The maximum atomic E-state index is 8.36. The predicted molar refractivity (Wildman–Crippen MR) is 130 cm³/mol. The quantitative estimate of drug-likeness (QED) is 0.555. The second-order valence-electron chi connectivity index (χ2n) is 9.42. The van der Waals surface area contributed by atoms with Crippen molar-refractivity contribution in [3.05, 3.63) is 54.0 Å². The van der Waals surface area contributed by atoms with Crippen molar-refractivity contribution in [3.8, 4) is 11.4 Å². The second kappa shape index (κ2) is 10.3. The lowest BCUT2D eigenvalue weighted by molar-refractivity contribution is -0.122. The molecule has 3 aromatic rings. The zero-order valence-corrected chi connectivity index (χ0v) is 20.1. The average Bonchev–Trinajstić information content (AvgIpc) is 3.38.